The first-order valence-corrected chi connectivity index (χ1v) is 8.90. The number of nitrogens with one attached hydrogen (secondary N) is 1. The van der Waals surface area contributed by atoms with Crippen LogP contribution in [-0.2, 0) is 19.6 Å². The second kappa shape index (κ2) is 9.36. The Morgan fingerprint density at radius 1 is 1.33 bits per heavy atom. The molecule has 0 saturated carbocycles. The Bertz CT molecular complexity index is 674. The second-order valence-electron chi connectivity index (χ2n) is 5.04. The smallest absolute Gasteiger partial charge is 0.323 e. The van der Waals surface area contributed by atoms with Gasteiger partial charge in [0, 0.05) is 25.8 Å². The van der Waals surface area contributed by atoms with Gasteiger partial charge in [-0.25, -0.2) is 13.1 Å². The molecule has 0 unspecified atom stereocenters. The van der Waals surface area contributed by atoms with Gasteiger partial charge < -0.3 is 14.7 Å². The summed E-state index contributed by atoms with van der Waals surface area (Å²) in [6.07, 6.45) is 0.593. The van der Waals surface area contributed by atoms with Crippen LogP contribution in [0.1, 0.15) is 23.7 Å². The number of carboxylic acid groups (broad SMARTS) is 1. The number of sulfonamides is 1. The number of rotatable bonds is 10. The van der Waals surface area contributed by atoms with Crippen LogP contribution in [0.5, 0.6) is 0 Å². The van der Waals surface area contributed by atoms with Crippen molar-refractivity contribution in [1.82, 2.24) is 9.62 Å². The van der Waals surface area contributed by atoms with Crippen LogP contribution in [0.3, 0.4) is 0 Å². The van der Waals surface area contributed by atoms with Crippen molar-refractivity contribution in [3.63, 3.8) is 0 Å². The molecule has 0 fully saturated rings. The third kappa shape index (κ3) is 5.91. The number of ether oxygens (including phenoxy) is 1. The maximum Gasteiger partial charge on any atom is 0.323 e. The third-order valence-corrected chi connectivity index (χ3v) is 4.56. The van der Waals surface area contributed by atoms with Crippen LogP contribution in [0.15, 0.2) is 29.2 Å². The summed E-state index contributed by atoms with van der Waals surface area (Å²) < 4.78 is 31.5. The van der Waals surface area contributed by atoms with Gasteiger partial charge in [-0.3, -0.25) is 9.59 Å². The number of nitrogens with zero attached hydrogens (tertiary/aromatic N) is 1. The minimum absolute atomic E-state index is 0.0590. The number of aliphatic carboxylic acids is 1. The van der Waals surface area contributed by atoms with Crippen molar-refractivity contribution in [3.05, 3.63) is 29.8 Å². The summed E-state index contributed by atoms with van der Waals surface area (Å²) >= 11 is 0. The number of hydrogen-bond donors (Lipinski definition) is 2. The molecule has 0 aliphatic carbocycles. The number of amides is 1. The average Bonchev–Trinajstić information content (AvgIpc) is 2.53. The van der Waals surface area contributed by atoms with Crippen LogP contribution in [0.25, 0.3) is 0 Å². The van der Waals surface area contributed by atoms with E-state index in [4.69, 9.17) is 9.84 Å². The number of carboxylic acids is 1. The first-order valence-electron chi connectivity index (χ1n) is 7.41. The SMILES string of the molecule is CCCN(CC(=O)O)C(=O)c1cccc(S(=O)(=O)NCCOC)c1. The standard InChI is InChI=1S/C15H22N2O6S/c1-3-8-17(11-14(18)19)15(20)12-5-4-6-13(10-12)24(21,22)16-7-9-23-2/h4-6,10,16H,3,7-9,11H2,1-2H3,(H,18,19). The zero-order valence-electron chi connectivity index (χ0n) is 13.7. The zero-order chi connectivity index (χ0) is 18.2. The van der Waals surface area contributed by atoms with Crippen molar-refractivity contribution in [1.29, 1.82) is 0 Å². The molecule has 134 valence electrons. The molecule has 1 aromatic rings. The summed E-state index contributed by atoms with van der Waals surface area (Å²) in [6, 6.07) is 5.51. The minimum atomic E-state index is -3.77. The van der Waals surface area contributed by atoms with Crippen LogP contribution in [0, 0.1) is 0 Å². The summed E-state index contributed by atoms with van der Waals surface area (Å²) in [5, 5.41) is 8.90. The molecule has 8 nitrogen and oxygen atoms in total. The quantitative estimate of drug-likeness (QED) is 0.591. The minimum Gasteiger partial charge on any atom is -0.480 e. The Hall–Kier alpha value is -1.97. The molecule has 0 aromatic heterocycles. The molecule has 0 bridgehead atoms. The number of hydrogen-bond acceptors (Lipinski definition) is 5. The largest absolute Gasteiger partial charge is 0.480 e. The van der Waals surface area contributed by atoms with Crippen molar-refractivity contribution >= 4 is 21.9 Å². The fourth-order valence-electron chi connectivity index (χ4n) is 2.03. The van der Waals surface area contributed by atoms with E-state index in [2.05, 4.69) is 4.72 Å². The number of carbonyl (C=O) groups is 2. The van der Waals surface area contributed by atoms with E-state index in [1.165, 1.54) is 36.3 Å². The maximum absolute atomic E-state index is 12.4. The topological polar surface area (TPSA) is 113 Å². The summed E-state index contributed by atoms with van der Waals surface area (Å²) in [6.45, 7) is 1.99. The second-order valence-corrected chi connectivity index (χ2v) is 6.81. The summed E-state index contributed by atoms with van der Waals surface area (Å²) in [5.41, 5.74) is 0.124. The lowest BCUT2D eigenvalue weighted by atomic mass is 10.2. The van der Waals surface area contributed by atoms with E-state index in [-0.39, 0.29) is 30.2 Å². The van der Waals surface area contributed by atoms with Crippen molar-refractivity contribution in [2.45, 2.75) is 18.2 Å². The van der Waals surface area contributed by atoms with Gasteiger partial charge >= 0.3 is 5.97 Å². The maximum atomic E-state index is 12.4. The molecule has 0 saturated heterocycles. The van der Waals surface area contributed by atoms with Crippen LogP contribution >= 0.6 is 0 Å². The zero-order valence-corrected chi connectivity index (χ0v) is 14.5. The van der Waals surface area contributed by atoms with Crippen molar-refractivity contribution < 1.29 is 27.9 Å². The molecule has 1 rings (SSSR count). The Morgan fingerprint density at radius 3 is 2.62 bits per heavy atom. The highest BCUT2D eigenvalue weighted by molar-refractivity contribution is 7.89. The van der Waals surface area contributed by atoms with Crippen molar-refractivity contribution in [3.8, 4) is 0 Å². The fourth-order valence-corrected chi connectivity index (χ4v) is 3.08. The first-order chi connectivity index (χ1) is 11.3. The molecule has 0 spiro atoms. The summed E-state index contributed by atoms with van der Waals surface area (Å²) in [4.78, 5) is 24.4. The molecule has 1 amide bonds. The highest BCUT2D eigenvalue weighted by Gasteiger charge is 2.20. The molecule has 0 atom stereocenters. The predicted octanol–water partition coefficient (Wildman–Crippen LogP) is 0.548. The van der Waals surface area contributed by atoms with Gasteiger partial charge in [0.15, 0.2) is 0 Å². The van der Waals surface area contributed by atoms with E-state index in [9.17, 15) is 18.0 Å². The van der Waals surface area contributed by atoms with Crippen LogP contribution in [0.2, 0.25) is 0 Å². The van der Waals surface area contributed by atoms with E-state index >= 15 is 0 Å². The Labute approximate surface area is 141 Å². The van der Waals surface area contributed by atoms with Crippen LogP contribution < -0.4 is 4.72 Å². The summed E-state index contributed by atoms with van der Waals surface area (Å²) in [7, 11) is -2.31. The Morgan fingerprint density at radius 2 is 2.04 bits per heavy atom. The van der Waals surface area contributed by atoms with E-state index in [0.717, 1.165) is 0 Å². The van der Waals surface area contributed by atoms with E-state index in [1.54, 1.807) is 0 Å². The molecule has 0 radical (unpaired) electrons. The van der Waals surface area contributed by atoms with Gasteiger partial charge in [-0.15, -0.1) is 0 Å². The van der Waals surface area contributed by atoms with E-state index in [0.29, 0.717) is 6.42 Å². The van der Waals surface area contributed by atoms with E-state index in [1.807, 2.05) is 6.92 Å². The third-order valence-electron chi connectivity index (χ3n) is 3.10. The highest BCUT2D eigenvalue weighted by atomic mass is 32.2. The van der Waals surface area contributed by atoms with Gasteiger partial charge in [-0.05, 0) is 24.6 Å². The monoisotopic (exact) mass is 358 g/mol. The van der Waals surface area contributed by atoms with Gasteiger partial charge in [0.05, 0.1) is 11.5 Å². The fraction of sp³-hybridized carbons (Fsp3) is 0.467. The van der Waals surface area contributed by atoms with Gasteiger partial charge in [0.2, 0.25) is 10.0 Å². The normalized spacial score (nSPS) is 11.2. The van der Waals surface area contributed by atoms with Crippen molar-refractivity contribution in [2.75, 3.05) is 33.4 Å². The van der Waals surface area contributed by atoms with Gasteiger partial charge in [-0.1, -0.05) is 13.0 Å². The molecule has 0 aliphatic heterocycles. The lowest BCUT2D eigenvalue weighted by Crippen LogP contribution is -2.36. The number of benzene rings is 1. The van der Waals surface area contributed by atoms with Crippen LogP contribution in [-0.4, -0.2) is 63.7 Å². The molecular formula is C15H22N2O6S. The first kappa shape index (κ1) is 20.1. The van der Waals surface area contributed by atoms with Gasteiger partial charge in [-0.2, -0.15) is 0 Å². The molecule has 1 aromatic carbocycles. The van der Waals surface area contributed by atoms with Crippen molar-refractivity contribution in [2.24, 2.45) is 0 Å². The molecule has 0 aliphatic rings. The molecular weight excluding hydrogens is 336 g/mol. The molecule has 0 heterocycles. The summed E-state index contributed by atoms with van der Waals surface area (Å²) in [5.74, 6) is -1.64. The van der Waals surface area contributed by atoms with Gasteiger partial charge in [0.1, 0.15) is 6.54 Å². The molecule has 9 heteroatoms. The van der Waals surface area contributed by atoms with Crippen LogP contribution in [0.4, 0.5) is 0 Å². The number of carbonyl (C=O) groups excluding carboxylic acids is 1. The Kier molecular flexibility index (Phi) is 7.83. The lowest BCUT2D eigenvalue weighted by Gasteiger charge is -2.20. The lowest BCUT2D eigenvalue weighted by molar-refractivity contribution is -0.137. The number of methoxy groups -OCH3 is 1. The highest BCUT2D eigenvalue weighted by Crippen LogP contribution is 2.13. The predicted molar refractivity (Wildman–Crippen MR) is 87.3 cm³/mol. The van der Waals surface area contributed by atoms with Gasteiger partial charge in [0.25, 0.3) is 5.91 Å². The Balaban J connectivity index is 3.01. The molecule has 2 N–H and O–H groups in total. The molecule has 24 heavy (non-hydrogen) atoms. The van der Waals surface area contributed by atoms with E-state index < -0.39 is 28.4 Å². The average molecular weight is 358 g/mol.